The number of hydrogen-bond donors (Lipinski definition) is 2. The van der Waals surface area contributed by atoms with Crippen molar-refractivity contribution in [2.24, 2.45) is 7.05 Å². The van der Waals surface area contributed by atoms with Crippen LogP contribution < -0.4 is 21.3 Å². The van der Waals surface area contributed by atoms with E-state index in [1.165, 1.54) is 4.57 Å². The minimum Gasteiger partial charge on any atom is -0.473 e. The minimum atomic E-state index is -0.0667. The maximum absolute atomic E-state index is 11.7. The molecule has 0 amide bonds. The van der Waals surface area contributed by atoms with Gasteiger partial charge in [0.2, 0.25) is 5.88 Å². The van der Waals surface area contributed by atoms with Crippen molar-refractivity contribution in [1.82, 2.24) is 14.5 Å². The van der Waals surface area contributed by atoms with Crippen LogP contribution in [0.3, 0.4) is 0 Å². The zero-order chi connectivity index (χ0) is 20.2. The molecule has 0 saturated carbocycles. The number of benzene rings is 1. The van der Waals surface area contributed by atoms with Gasteiger partial charge in [-0.15, -0.1) is 0 Å². The fourth-order valence-electron chi connectivity index (χ4n) is 3.06. The van der Waals surface area contributed by atoms with Crippen LogP contribution in [-0.2, 0) is 20.2 Å². The molecule has 0 unspecified atom stereocenters. The zero-order valence-corrected chi connectivity index (χ0v) is 16.0. The lowest BCUT2D eigenvalue weighted by Gasteiger charge is -2.11. The maximum atomic E-state index is 11.7. The summed E-state index contributed by atoms with van der Waals surface area (Å²) in [6, 6.07) is 15.1. The molecule has 0 fully saturated rings. The fourth-order valence-corrected chi connectivity index (χ4v) is 3.06. The Morgan fingerprint density at radius 2 is 1.90 bits per heavy atom. The summed E-state index contributed by atoms with van der Waals surface area (Å²) in [4.78, 5) is 20.1. The van der Waals surface area contributed by atoms with Crippen molar-refractivity contribution in [2.75, 3.05) is 11.1 Å². The molecule has 7 heteroatoms. The van der Waals surface area contributed by atoms with E-state index in [0.717, 1.165) is 27.6 Å². The number of aryl methyl sites for hydroxylation is 1. The Bertz CT molecular complexity index is 1220. The fraction of sp³-hybridized carbons (Fsp3) is 0.136. The number of nitrogen functional groups attached to an aromatic ring is 1. The summed E-state index contributed by atoms with van der Waals surface area (Å²) in [5.74, 6) is 1.03. The molecule has 0 spiro atoms. The number of nitrogens with zero attached hydrogens (tertiary/aromatic N) is 3. The van der Waals surface area contributed by atoms with Gasteiger partial charge in [0.05, 0.1) is 0 Å². The molecule has 3 N–H and O–H groups in total. The predicted molar refractivity (Wildman–Crippen MR) is 114 cm³/mol. The summed E-state index contributed by atoms with van der Waals surface area (Å²) in [5.41, 5.74) is 8.71. The van der Waals surface area contributed by atoms with E-state index in [1.807, 2.05) is 42.5 Å². The highest BCUT2D eigenvalue weighted by Crippen LogP contribution is 2.26. The van der Waals surface area contributed by atoms with E-state index in [9.17, 15) is 4.79 Å². The number of aromatic nitrogens is 3. The van der Waals surface area contributed by atoms with Crippen LogP contribution in [0, 0.1) is 0 Å². The molecule has 0 aliphatic heterocycles. The Balaban J connectivity index is 1.45. The van der Waals surface area contributed by atoms with Gasteiger partial charge in [0.25, 0.3) is 5.56 Å². The summed E-state index contributed by atoms with van der Waals surface area (Å²) in [5, 5.41) is 5.38. The van der Waals surface area contributed by atoms with Crippen molar-refractivity contribution >= 4 is 22.3 Å². The first-order chi connectivity index (χ1) is 14.1. The van der Waals surface area contributed by atoms with Gasteiger partial charge < -0.3 is 20.4 Å². The second kappa shape index (κ2) is 8.02. The van der Waals surface area contributed by atoms with E-state index in [1.54, 1.807) is 31.7 Å². The van der Waals surface area contributed by atoms with Crippen molar-refractivity contribution in [1.29, 1.82) is 0 Å². The van der Waals surface area contributed by atoms with E-state index in [0.29, 0.717) is 18.2 Å². The van der Waals surface area contributed by atoms with Gasteiger partial charge in [-0.1, -0.05) is 12.1 Å². The van der Waals surface area contributed by atoms with Crippen molar-refractivity contribution in [3.05, 3.63) is 88.6 Å². The number of anilines is 2. The summed E-state index contributed by atoms with van der Waals surface area (Å²) in [6.07, 6.45) is 5.14. The number of ether oxygens (including phenoxy) is 1. The third kappa shape index (κ3) is 4.19. The Morgan fingerprint density at radius 1 is 1.03 bits per heavy atom. The molecular formula is C22H21N5O2. The highest BCUT2D eigenvalue weighted by molar-refractivity contribution is 5.99. The van der Waals surface area contributed by atoms with Crippen molar-refractivity contribution < 1.29 is 4.74 Å². The summed E-state index contributed by atoms with van der Waals surface area (Å²) >= 11 is 0. The molecule has 0 aliphatic carbocycles. The van der Waals surface area contributed by atoms with Crippen LogP contribution in [0.2, 0.25) is 0 Å². The van der Waals surface area contributed by atoms with Gasteiger partial charge in [-0.3, -0.25) is 4.79 Å². The number of nitrogens with two attached hydrogens (primary N) is 1. The number of hydrogen-bond acceptors (Lipinski definition) is 6. The SMILES string of the molecule is Cn1ccc(COc2cc(CNc3cccc4c(N)nccc34)ccn2)cc1=O. The maximum Gasteiger partial charge on any atom is 0.250 e. The third-order valence-electron chi connectivity index (χ3n) is 4.67. The van der Waals surface area contributed by atoms with Crippen molar-refractivity contribution in [2.45, 2.75) is 13.2 Å². The predicted octanol–water partition coefficient (Wildman–Crippen LogP) is 3.10. The highest BCUT2D eigenvalue weighted by atomic mass is 16.5. The molecule has 3 aromatic heterocycles. The third-order valence-corrected chi connectivity index (χ3v) is 4.67. The molecule has 0 aliphatic rings. The van der Waals surface area contributed by atoms with Crippen LogP contribution in [0.15, 0.2) is 71.9 Å². The van der Waals surface area contributed by atoms with E-state index in [-0.39, 0.29) is 12.2 Å². The average Bonchev–Trinajstić information content (AvgIpc) is 2.74. The molecular weight excluding hydrogens is 366 g/mol. The molecule has 7 nitrogen and oxygen atoms in total. The quantitative estimate of drug-likeness (QED) is 0.528. The van der Waals surface area contributed by atoms with Crippen LogP contribution >= 0.6 is 0 Å². The molecule has 0 saturated heterocycles. The van der Waals surface area contributed by atoms with Crippen LogP contribution in [0.5, 0.6) is 5.88 Å². The lowest BCUT2D eigenvalue weighted by Crippen LogP contribution is -2.15. The van der Waals surface area contributed by atoms with Gasteiger partial charge in [-0.2, -0.15) is 0 Å². The smallest absolute Gasteiger partial charge is 0.250 e. The average molecular weight is 387 g/mol. The summed E-state index contributed by atoms with van der Waals surface area (Å²) < 4.78 is 7.27. The number of rotatable bonds is 6. The summed E-state index contributed by atoms with van der Waals surface area (Å²) in [7, 11) is 1.71. The second-order valence-electron chi connectivity index (χ2n) is 6.73. The Labute approximate surface area is 167 Å². The van der Waals surface area contributed by atoms with Crippen molar-refractivity contribution in [3.63, 3.8) is 0 Å². The van der Waals surface area contributed by atoms with E-state index in [4.69, 9.17) is 10.5 Å². The first kappa shape index (κ1) is 18.5. The number of nitrogens with one attached hydrogen (secondary N) is 1. The molecule has 4 rings (SSSR count). The van der Waals surface area contributed by atoms with Gasteiger partial charge >= 0.3 is 0 Å². The van der Waals surface area contributed by atoms with Crippen LogP contribution in [0.4, 0.5) is 11.5 Å². The largest absolute Gasteiger partial charge is 0.473 e. The van der Waals surface area contributed by atoms with E-state index < -0.39 is 0 Å². The van der Waals surface area contributed by atoms with Gasteiger partial charge in [0, 0.05) is 60.8 Å². The lowest BCUT2D eigenvalue weighted by molar-refractivity contribution is 0.293. The van der Waals surface area contributed by atoms with Crippen LogP contribution in [-0.4, -0.2) is 14.5 Å². The van der Waals surface area contributed by atoms with Gasteiger partial charge in [0.15, 0.2) is 0 Å². The number of fused-ring (bicyclic) bond motifs is 1. The normalized spacial score (nSPS) is 10.8. The summed E-state index contributed by atoms with van der Waals surface area (Å²) in [6.45, 7) is 0.891. The van der Waals surface area contributed by atoms with Gasteiger partial charge in [-0.05, 0) is 35.4 Å². The minimum absolute atomic E-state index is 0.0667. The van der Waals surface area contributed by atoms with E-state index in [2.05, 4.69) is 15.3 Å². The Kier molecular flexibility index (Phi) is 5.11. The lowest BCUT2D eigenvalue weighted by atomic mass is 10.1. The zero-order valence-electron chi connectivity index (χ0n) is 16.0. The van der Waals surface area contributed by atoms with Crippen LogP contribution in [0.25, 0.3) is 10.8 Å². The Hall–Kier alpha value is -3.87. The topological polar surface area (TPSA) is 95.1 Å². The van der Waals surface area contributed by atoms with Crippen LogP contribution in [0.1, 0.15) is 11.1 Å². The van der Waals surface area contributed by atoms with E-state index >= 15 is 0 Å². The molecule has 0 radical (unpaired) electrons. The molecule has 146 valence electrons. The standard InChI is InChI=1S/C22H21N5O2/c1-27-10-7-16(12-21(27)28)14-29-20-11-15(5-8-24-20)13-26-19-4-2-3-18-17(19)6-9-25-22(18)23/h2-12,26H,13-14H2,1H3,(H2,23,25). The van der Waals surface area contributed by atoms with Crippen molar-refractivity contribution in [3.8, 4) is 5.88 Å². The number of pyridine rings is 3. The van der Waals surface area contributed by atoms with Gasteiger partial charge in [0.1, 0.15) is 12.4 Å². The molecule has 0 bridgehead atoms. The highest BCUT2D eigenvalue weighted by Gasteiger charge is 2.05. The first-order valence-corrected chi connectivity index (χ1v) is 9.20. The molecule has 1 aromatic carbocycles. The second-order valence-corrected chi connectivity index (χ2v) is 6.73. The molecule has 0 atom stereocenters. The first-order valence-electron chi connectivity index (χ1n) is 9.20. The molecule has 4 aromatic rings. The monoisotopic (exact) mass is 387 g/mol. The van der Waals surface area contributed by atoms with Gasteiger partial charge in [-0.25, -0.2) is 9.97 Å². The molecule has 29 heavy (non-hydrogen) atoms. The molecule has 3 heterocycles. The Morgan fingerprint density at radius 3 is 2.76 bits per heavy atom.